The summed E-state index contributed by atoms with van der Waals surface area (Å²) in [5, 5.41) is 6.90. The molecule has 2 aliphatic carbocycles. The summed E-state index contributed by atoms with van der Waals surface area (Å²) in [4.78, 5) is 21.6. The molecule has 1 saturated heterocycles. The molecular weight excluding hydrogens is 453 g/mol. The van der Waals surface area contributed by atoms with E-state index in [1.165, 1.54) is 32.2 Å². The van der Waals surface area contributed by atoms with Gasteiger partial charge in [-0.15, -0.1) is 24.0 Å². The van der Waals surface area contributed by atoms with E-state index >= 15 is 0 Å². The zero-order chi connectivity index (χ0) is 18.5. The van der Waals surface area contributed by atoms with Crippen molar-refractivity contribution in [2.75, 3.05) is 39.3 Å². The van der Waals surface area contributed by atoms with E-state index in [0.29, 0.717) is 6.04 Å². The number of hydrogen-bond donors (Lipinski definition) is 2. The van der Waals surface area contributed by atoms with Gasteiger partial charge in [0.2, 0.25) is 5.91 Å². The molecule has 3 aliphatic rings. The van der Waals surface area contributed by atoms with Gasteiger partial charge in [-0.3, -0.25) is 14.7 Å². The minimum absolute atomic E-state index is 0. The van der Waals surface area contributed by atoms with E-state index in [9.17, 15) is 4.79 Å². The first kappa shape index (κ1) is 22.7. The number of halogens is 1. The SMILES string of the molecule is CCNC(=NCCN(CC1CC1)C1CC1)NC1CCN(C(=O)C(C)C)C1.I. The first-order valence-corrected chi connectivity index (χ1v) is 10.6. The van der Waals surface area contributed by atoms with Crippen LogP contribution in [0.25, 0.3) is 0 Å². The lowest BCUT2D eigenvalue weighted by Gasteiger charge is -2.22. The van der Waals surface area contributed by atoms with Gasteiger partial charge in [-0.05, 0) is 44.9 Å². The number of likely N-dealkylation sites (tertiary alicyclic amines) is 1. The van der Waals surface area contributed by atoms with Gasteiger partial charge >= 0.3 is 0 Å². The third-order valence-corrected chi connectivity index (χ3v) is 5.59. The molecule has 6 nitrogen and oxygen atoms in total. The molecule has 27 heavy (non-hydrogen) atoms. The highest BCUT2D eigenvalue weighted by molar-refractivity contribution is 14.0. The fraction of sp³-hybridized carbons (Fsp3) is 0.900. The van der Waals surface area contributed by atoms with E-state index in [1.807, 2.05) is 18.7 Å². The smallest absolute Gasteiger partial charge is 0.225 e. The molecule has 1 atom stereocenters. The summed E-state index contributed by atoms with van der Waals surface area (Å²) in [7, 11) is 0. The molecule has 2 saturated carbocycles. The fourth-order valence-corrected chi connectivity index (χ4v) is 3.74. The van der Waals surface area contributed by atoms with Crippen molar-refractivity contribution in [1.29, 1.82) is 0 Å². The fourth-order valence-electron chi connectivity index (χ4n) is 3.74. The number of nitrogens with one attached hydrogen (secondary N) is 2. The van der Waals surface area contributed by atoms with Crippen molar-refractivity contribution in [1.82, 2.24) is 20.4 Å². The van der Waals surface area contributed by atoms with Crippen LogP contribution in [0.2, 0.25) is 0 Å². The van der Waals surface area contributed by atoms with Gasteiger partial charge in [0.25, 0.3) is 0 Å². The van der Waals surface area contributed by atoms with Crippen LogP contribution >= 0.6 is 24.0 Å². The van der Waals surface area contributed by atoms with Gasteiger partial charge in [0.05, 0.1) is 6.54 Å². The van der Waals surface area contributed by atoms with E-state index < -0.39 is 0 Å². The number of amides is 1. The molecule has 3 rings (SSSR count). The molecule has 2 N–H and O–H groups in total. The molecule has 0 aromatic heterocycles. The highest BCUT2D eigenvalue weighted by Gasteiger charge is 2.33. The Morgan fingerprint density at radius 1 is 1.22 bits per heavy atom. The monoisotopic (exact) mass is 491 g/mol. The van der Waals surface area contributed by atoms with Crippen LogP contribution in [-0.2, 0) is 4.79 Å². The standard InChI is InChI=1S/C20H37N5O.HI/c1-4-21-20(23-17-9-11-25(14-17)19(26)15(2)3)22-10-12-24(18-7-8-18)13-16-5-6-16;/h15-18H,4-14H2,1-3H3,(H2,21,22,23);1H. The quantitative estimate of drug-likeness (QED) is 0.295. The summed E-state index contributed by atoms with van der Waals surface area (Å²) in [6.45, 7) is 11.7. The number of nitrogens with zero attached hydrogens (tertiary/aromatic N) is 3. The minimum Gasteiger partial charge on any atom is -0.357 e. The molecule has 3 fully saturated rings. The number of guanidine groups is 1. The normalized spacial score (nSPS) is 22.9. The van der Waals surface area contributed by atoms with Crippen molar-refractivity contribution in [2.45, 2.75) is 65.0 Å². The first-order valence-electron chi connectivity index (χ1n) is 10.6. The largest absolute Gasteiger partial charge is 0.357 e. The Balaban J connectivity index is 0.00000261. The third-order valence-electron chi connectivity index (χ3n) is 5.59. The Hall–Kier alpha value is -0.570. The highest BCUT2D eigenvalue weighted by atomic mass is 127. The predicted molar refractivity (Wildman–Crippen MR) is 122 cm³/mol. The van der Waals surface area contributed by atoms with Crippen LogP contribution < -0.4 is 10.6 Å². The maximum Gasteiger partial charge on any atom is 0.225 e. The summed E-state index contributed by atoms with van der Waals surface area (Å²) in [5.41, 5.74) is 0. The van der Waals surface area contributed by atoms with E-state index in [0.717, 1.165) is 57.1 Å². The minimum atomic E-state index is 0. The van der Waals surface area contributed by atoms with Gasteiger partial charge in [0, 0.05) is 50.7 Å². The molecule has 0 aromatic carbocycles. The Morgan fingerprint density at radius 3 is 2.56 bits per heavy atom. The number of carbonyl (C=O) groups excluding carboxylic acids is 1. The number of rotatable bonds is 9. The van der Waals surface area contributed by atoms with Gasteiger partial charge in [0.15, 0.2) is 5.96 Å². The van der Waals surface area contributed by atoms with Gasteiger partial charge in [-0.25, -0.2) is 0 Å². The molecule has 0 spiro atoms. The second-order valence-corrected chi connectivity index (χ2v) is 8.50. The molecule has 1 aliphatic heterocycles. The van der Waals surface area contributed by atoms with E-state index in [2.05, 4.69) is 22.5 Å². The molecule has 1 heterocycles. The maximum absolute atomic E-state index is 12.2. The van der Waals surface area contributed by atoms with Gasteiger partial charge < -0.3 is 15.5 Å². The summed E-state index contributed by atoms with van der Waals surface area (Å²) in [5.74, 6) is 2.19. The van der Waals surface area contributed by atoms with Crippen molar-refractivity contribution in [3.05, 3.63) is 0 Å². The zero-order valence-corrected chi connectivity index (χ0v) is 19.6. The molecule has 156 valence electrons. The molecule has 1 amide bonds. The summed E-state index contributed by atoms with van der Waals surface area (Å²) in [6.07, 6.45) is 6.58. The van der Waals surface area contributed by atoms with Crippen LogP contribution in [-0.4, -0.2) is 73.0 Å². The Morgan fingerprint density at radius 2 is 1.96 bits per heavy atom. The number of hydrogen-bond acceptors (Lipinski definition) is 3. The van der Waals surface area contributed by atoms with Gasteiger partial charge in [0.1, 0.15) is 0 Å². The number of aliphatic imine (C=N–C) groups is 1. The Bertz CT molecular complexity index is 505. The predicted octanol–water partition coefficient (Wildman–Crippen LogP) is 2.29. The van der Waals surface area contributed by atoms with Crippen LogP contribution in [0.15, 0.2) is 4.99 Å². The van der Waals surface area contributed by atoms with Crippen LogP contribution in [0.5, 0.6) is 0 Å². The molecule has 1 unspecified atom stereocenters. The lowest BCUT2D eigenvalue weighted by atomic mass is 10.2. The van der Waals surface area contributed by atoms with Crippen LogP contribution in [0.4, 0.5) is 0 Å². The second-order valence-electron chi connectivity index (χ2n) is 8.50. The Kier molecular flexibility index (Phi) is 9.11. The first-order chi connectivity index (χ1) is 12.6. The number of carbonyl (C=O) groups is 1. The summed E-state index contributed by atoms with van der Waals surface area (Å²) < 4.78 is 0. The molecular formula is C20H38IN5O. The summed E-state index contributed by atoms with van der Waals surface area (Å²) in [6, 6.07) is 1.13. The maximum atomic E-state index is 12.2. The topological polar surface area (TPSA) is 60.0 Å². The highest BCUT2D eigenvalue weighted by Crippen LogP contribution is 2.34. The zero-order valence-electron chi connectivity index (χ0n) is 17.2. The third kappa shape index (κ3) is 7.40. The van der Waals surface area contributed by atoms with Crippen LogP contribution in [0.1, 0.15) is 52.9 Å². The van der Waals surface area contributed by atoms with Crippen LogP contribution in [0.3, 0.4) is 0 Å². The van der Waals surface area contributed by atoms with E-state index in [4.69, 9.17) is 4.99 Å². The lowest BCUT2D eigenvalue weighted by molar-refractivity contribution is -0.133. The lowest BCUT2D eigenvalue weighted by Crippen LogP contribution is -2.45. The average Bonchev–Trinajstić information content (AvgIpc) is 3.53. The van der Waals surface area contributed by atoms with Crippen LogP contribution in [0, 0.1) is 11.8 Å². The van der Waals surface area contributed by atoms with Crippen molar-refractivity contribution >= 4 is 35.8 Å². The Labute approximate surface area is 181 Å². The van der Waals surface area contributed by atoms with E-state index in [-0.39, 0.29) is 35.8 Å². The molecule has 0 bridgehead atoms. The van der Waals surface area contributed by atoms with Gasteiger partial charge in [-0.2, -0.15) is 0 Å². The van der Waals surface area contributed by atoms with E-state index in [1.54, 1.807) is 0 Å². The van der Waals surface area contributed by atoms with Crippen molar-refractivity contribution in [3.8, 4) is 0 Å². The summed E-state index contributed by atoms with van der Waals surface area (Å²) >= 11 is 0. The molecule has 0 radical (unpaired) electrons. The van der Waals surface area contributed by atoms with Crippen molar-refractivity contribution in [3.63, 3.8) is 0 Å². The second kappa shape index (κ2) is 10.8. The van der Waals surface area contributed by atoms with Crippen molar-refractivity contribution < 1.29 is 4.79 Å². The van der Waals surface area contributed by atoms with Crippen molar-refractivity contribution in [2.24, 2.45) is 16.8 Å². The average molecular weight is 491 g/mol. The molecule has 7 heteroatoms. The molecule has 0 aromatic rings. The van der Waals surface area contributed by atoms with Gasteiger partial charge in [-0.1, -0.05) is 13.8 Å².